The summed E-state index contributed by atoms with van der Waals surface area (Å²) in [6.45, 7) is 6.48. The monoisotopic (exact) mass is 766 g/mol. The molecule has 0 spiro atoms. The third-order valence-electron chi connectivity index (χ3n) is 7.59. The number of alkyl carbamates (subject to hydrolysis) is 4. The van der Waals surface area contributed by atoms with E-state index in [4.69, 9.17) is 9.47 Å². The van der Waals surface area contributed by atoms with Crippen LogP contribution in [0.3, 0.4) is 0 Å². The van der Waals surface area contributed by atoms with E-state index in [0.29, 0.717) is 25.7 Å². The molecule has 0 aliphatic heterocycles. The number of hydrogen-bond donors (Lipinski definition) is 6. The van der Waals surface area contributed by atoms with Gasteiger partial charge in [0.15, 0.2) is 0 Å². The highest BCUT2D eigenvalue weighted by molar-refractivity contribution is 6.03. The minimum absolute atomic E-state index is 0.00500. The minimum Gasteiger partial charge on any atom is -0.450 e. The second-order valence-corrected chi connectivity index (χ2v) is 11.4. The Labute approximate surface area is 307 Å². The normalized spacial score (nSPS) is 11.7. The number of nitrogens with zero attached hydrogens (tertiary/aromatic N) is 2. The predicted octanol–water partition coefficient (Wildman–Crippen LogP) is 0.774. The fourth-order valence-electron chi connectivity index (χ4n) is 4.71. The van der Waals surface area contributed by atoms with E-state index in [1.54, 1.807) is 13.8 Å². The second kappa shape index (κ2) is 22.7. The average Bonchev–Trinajstić information content (AvgIpc) is 3.11. The molecule has 0 saturated heterocycles. The van der Waals surface area contributed by atoms with Gasteiger partial charge < -0.3 is 29.6 Å². The van der Waals surface area contributed by atoms with Gasteiger partial charge in [-0.1, -0.05) is 26.7 Å². The van der Waals surface area contributed by atoms with Crippen molar-refractivity contribution in [2.75, 3.05) is 39.5 Å². The molecule has 0 aliphatic rings. The molecule has 2 rings (SSSR count). The van der Waals surface area contributed by atoms with Crippen molar-refractivity contribution in [3.63, 3.8) is 0 Å². The fourth-order valence-corrected chi connectivity index (χ4v) is 4.71. The largest absolute Gasteiger partial charge is 0.450 e. The van der Waals surface area contributed by atoms with E-state index in [2.05, 4.69) is 20.1 Å². The van der Waals surface area contributed by atoms with Gasteiger partial charge in [-0.05, 0) is 39.5 Å². The van der Waals surface area contributed by atoms with Crippen LogP contribution in [0, 0.1) is 0 Å². The average molecular weight is 767 g/mol. The number of ether oxygens (including phenoxy) is 4. The Balaban J connectivity index is 1.72. The van der Waals surface area contributed by atoms with Crippen LogP contribution in [0.25, 0.3) is 0 Å². The first-order valence-electron chi connectivity index (χ1n) is 17.2. The molecule has 54 heavy (non-hydrogen) atoms. The summed E-state index contributed by atoms with van der Waals surface area (Å²) < 4.78 is 21.7. The number of unbranched alkanes of at least 4 members (excludes halogenated alkanes) is 3. The molecular formula is C32H46N8O14. The lowest BCUT2D eigenvalue weighted by atomic mass is 10.2. The third kappa shape index (κ3) is 14.1. The highest BCUT2D eigenvalue weighted by atomic mass is 16.6. The number of carbonyl (C=O) groups is 6. The summed E-state index contributed by atoms with van der Waals surface area (Å²) in [4.78, 5) is 125. The van der Waals surface area contributed by atoms with Crippen LogP contribution in [-0.2, 0) is 18.9 Å². The van der Waals surface area contributed by atoms with Gasteiger partial charge in [0.05, 0.1) is 25.3 Å². The standard InChI is InChI=1S/C32H46N8O14/c1-5-19(39-15-21(23(41)35-27(39)45)25(43)37-31(49)51-7-3)17-53-29(47)33-13-11-9-10-12-14-34-30(48)54-18-20(6-2)40-16-22(24(42)36-28(40)46)26(44)38-32(50)52-8-4/h15-16,19-20H,5-14,17-18H2,1-4H3,(H,33,47)(H,34,48)(H,35,41,45)(H,36,42,46)(H,37,43,49)(H,38,44,50)/t19-,20-/m0/s1. The molecule has 0 radical (unpaired) electrons. The maximum absolute atomic E-state index is 12.4. The Morgan fingerprint density at radius 3 is 1.28 bits per heavy atom. The van der Waals surface area contributed by atoms with Crippen molar-refractivity contribution in [3.8, 4) is 0 Å². The molecule has 0 aliphatic carbocycles. The molecule has 2 atom stereocenters. The van der Waals surface area contributed by atoms with Crippen LogP contribution in [-0.4, -0.2) is 94.8 Å². The van der Waals surface area contributed by atoms with Crippen molar-refractivity contribution in [2.45, 2.75) is 78.3 Å². The van der Waals surface area contributed by atoms with Crippen molar-refractivity contribution in [3.05, 3.63) is 65.2 Å². The molecule has 6 amide bonds. The molecular weight excluding hydrogens is 720 g/mol. The zero-order valence-electron chi connectivity index (χ0n) is 30.4. The molecule has 2 aromatic heterocycles. The SMILES string of the molecule is CCOC(=O)NC(=O)c1cn([C@@H](CC)COC(=O)NCCCCCCNC(=O)OC[C@H](CC)n2cc(C(=O)NC(=O)OCC)c(=O)[nH]c2=O)c(=O)[nH]c1=O. The van der Waals surface area contributed by atoms with Crippen LogP contribution in [0.2, 0.25) is 0 Å². The summed E-state index contributed by atoms with van der Waals surface area (Å²) in [5.74, 6) is -2.15. The van der Waals surface area contributed by atoms with Crippen LogP contribution < -0.4 is 43.8 Å². The van der Waals surface area contributed by atoms with E-state index in [-0.39, 0.29) is 52.4 Å². The fraction of sp³-hybridized carbons (Fsp3) is 0.562. The van der Waals surface area contributed by atoms with Crippen molar-refractivity contribution < 1.29 is 47.7 Å². The van der Waals surface area contributed by atoms with E-state index in [1.165, 1.54) is 13.8 Å². The Bertz CT molecular complexity index is 1730. The number of hydrogen-bond acceptors (Lipinski definition) is 14. The summed E-state index contributed by atoms with van der Waals surface area (Å²) in [5, 5.41) is 8.93. The van der Waals surface area contributed by atoms with Crippen molar-refractivity contribution in [2.24, 2.45) is 0 Å². The number of carbonyl (C=O) groups excluding carboxylic acids is 6. The van der Waals surface area contributed by atoms with Crippen LogP contribution in [0.15, 0.2) is 31.6 Å². The van der Waals surface area contributed by atoms with Gasteiger partial charge in [-0.25, -0.2) is 28.8 Å². The smallest absolute Gasteiger partial charge is 0.414 e. The van der Waals surface area contributed by atoms with Gasteiger partial charge in [0.25, 0.3) is 22.9 Å². The molecule has 298 valence electrons. The van der Waals surface area contributed by atoms with Crippen molar-refractivity contribution >= 4 is 36.2 Å². The number of aromatic nitrogens is 4. The molecule has 0 aromatic carbocycles. The van der Waals surface area contributed by atoms with Gasteiger partial charge in [-0.3, -0.25) is 48.9 Å². The Morgan fingerprint density at radius 1 is 0.574 bits per heavy atom. The summed E-state index contributed by atoms with van der Waals surface area (Å²) in [6.07, 6.45) is 1.46. The number of amides is 6. The lowest BCUT2D eigenvalue weighted by molar-refractivity contribution is 0.0908. The number of aromatic amines is 2. The maximum Gasteiger partial charge on any atom is 0.414 e. The van der Waals surface area contributed by atoms with Gasteiger partial charge in [-0.2, -0.15) is 0 Å². The quantitative estimate of drug-likeness (QED) is 0.0851. The summed E-state index contributed by atoms with van der Waals surface area (Å²) in [6, 6.07) is -1.48. The number of H-pyrrole nitrogens is 2. The summed E-state index contributed by atoms with van der Waals surface area (Å²) in [7, 11) is 0. The zero-order valence-corrected chi connectivity index (χ0v) is 30.4. The number of imide groups is 2. The first kappa shape index (κ1) is 43.9. The van der Waals surface area contributed by atoms with E-state index in [0.717, 1.165) is 21.5 Å². The molecule has 0 unspecified atom stereocenters. The molecule has 22 heteroatoms. The second-order valence-electron chi connectivity index (χ2n) is 11.4. The van der Waals surface area contributed by atoms with Gasteiger partial charge in [0, 0.05) is 25.5 Å². The lowest BCUT2D eigenvalue weighted by Gasteiger charge is -2.18. The third-order valence-corrected chi connectivity index (χ3v) is 7.59. The van der Waals surface area contributed by atoms with Gasteiger partial charge in [-0.15, -0.1) is 0 Å². The first-order chi connectivity index (χ1) is 25.8. The van der Waals surface area contributed by atoms with Crippen LogP contribution in [0.4, 0.5) is 19.2 Å². The zero-order chi connectivity index (χ0) is 40.2. The molecule has 0 bridgehead atoms. The molecule has 0 saturated carbocycles. The van der Waals surface area contributed by atoms with Gasteiger partial charge in [0.2, 0.25) is 0 Å². The maximum atomic E-state index is 12.4. The van der Waals surface area contributed by atoms with Crippen molar-refractivity contribution in [1.82, 2.24) is 40.4 Å². The Hall–Kier alpha value is -6.22. The molecule has 22 nitrogen and oxygen atoms in total. The molecule has 6 N–H and O–H groups in total. The predicted molar refractivity (Wildman–Crippen MR) is 187 cm³/mol. The van der Waals surface area contributed by atoms with Gasteiger partial charge >= 0.3 is 35.8 Å². The number of rotatable bonds is 19. The van der Waals surface area contributed by atoms with Crippen molar-refractivity contribution in [1.29, 1.82) is 0 Å². The molecule has 0 fully saturated rings. The van der Waals surface area contributed by atoms with E-state index >= 15 is 0 Å². The summed E-state index contributed by atoms with van der Waals surface area (Å²) >= 11 is 0. The first-order valence-corrected chi connectivity index (χ1v) is 17.2. The van der Waals surface area contributed by atoms with Crippen LogP contribution in [0.1, 0.15) is 99.0 Å². The highest BCUT2D eigenvalue weighted by Crippen LogP contribution is 2.11. The highest BCUT2D eigenvalue weighted by Gasteiger charge is 2.22. The molecule has 2 aromatic rings. The van der Waals surface area contributed by atoms with E-state index in [9.17, 15) is 47.9 Å². The van der Waals surface area contributed by atoms with Gasteiger partial charge in [0.1, 0.15) is 24.3 Å². The lowest BCUT2D eigenvalue weighted by Crippen LogP contribution is -2.41. The van der Waals surface area contributed by atoms with E-state index in [1.807, 2.05) is 20.6 Å². The molecule has 2 heterocycles. The Kier molecular flexibility index (Phi) is 18.4. The Morgan fingerprint density at radius 2 is 0.944 bits per heavy atom. The number of nitrogens with one attached hydrogen (secondary N) is 6. The topological polar surface area (TPSA) is 297 Å². The minimum atomic E-state index is -1.07. The van der Waals surface area contributed by atoms with Crippen LogP contribution >= 0.6 is 0 Å². The summed E-state index contributed by atoms with van der Waals surface area (Å²) in [5.41, 5.74) is -4.72. The van der Waals surface area contributed by atoms with E-state index < -0.39 is 81.9 Å². The van der Waals surface area contributed by atoms with Crippen LogP contribution in [0.5, 0.6) is 0 Å².